The summed E-state index contributed by atoms with van der Waals surface area (Å²) in [6.45, 7) is 0. The fourth-order valence-electron chi connectivity index (χ4n) is 1.15. The standard InChI is InChI=1S/C9H7Br2N5OS/c10-5-1-4(2-6(11)7(5)17)3-12-14-8-13-9(18)16-15-8/h1-3,17H,(H3,13,14,15,16,18)/b12-3+. The normalized spacial score (nSPS) is 11.0. The van der Waals surface area contributed by atoms with Crippen molar-refractivity contribution < 1.29 is 5.11 Å². The number of H-pyrrole nitrogens is 2. The SMILES string of the molecule is Oc1c(Br)cc(/C=N/Nc2nc(=S)[nH][nH]2)cc1Br. The molecule has 1 heterocycles. The van der Waals surface area contributed by atoms with Crippen molar-refractivity contribution >= 4 is 56.2 Å². The average molecular weight is 393 g/mol. The molecule has 0 aliphatic carbocycles. The van der Waals surface area contributed by atoms with Crippen LogP contribution in [0.3, 0.4) is 0 Å². The van der Waals surface area contributed by atoms with Crippen molar-refractivity contribution in [3.8, 4) is 5.75 Å². The Bertz CT molecular complexity index is 627. The van der Waals surface area contributed by atoms with Gasteiger partial charge in [-0.05, 0) is 61.8 Å². The van der Waals surface area contributed by atoms with Gasteiger partial charge in [-0.25, -0.2) is 5.43 Å². The van der Waals surface area contributed by atoms with Crippen LogP contribution in [0.4, 0.5) is 5.95 Å². The van der Waals surface area contributed by atoms with E-state index in [9.17, 15) is 5.11 Å². The van der Waals surface area contributed by atoms with Crippen LogP contribution in [-0.4, -0.2) is 26.5 Å². The predicted octanol–water partition coefficient (Wildman–Crippen LogP) is 3.14. The highest BCUT2D eigenvalue weighted by Gasteiger charge is 2.04. The number of nitrogens with zero attached hydrogens (tertiary/aromatic N) is 2. The molecule has 2 aromatic rings. The molecule has 18 heavy (non-hydrogen) atoms. The van der Waals surface area contributed by atoms with Crippen molar-refractivity contribution in [3.05, 3.63) is 31.4 Å². The van der Waals surface area contributed by atoms with Gasteiger partial charge in [0.2, 0.25) is 10.7 Å². The number of hydrogen-bond acceptors (Lipinski definition) is 5. The van der Waals surface area contributed by atoms with E-state index in [1.165, 1.54) is 0 Å². The highest BCUT2D eigenvalue weighted by molar-refractivity contribution is 9.11. The molecule has 0 bridgehead atoms. The van der Waals surface area contributed by atoms with Crippen molar-refractivity contribution in [1.82, 2.24) is 15.2 Å². The quantitative estimate of drug-likeness (QED) is 0.367. The van der Waals surface area contributed by atoms with E-state index in [-0.39, 0.29) is 5.75 Å². The van der Waals surface area contributed by atoms with Gasteiger partial charge in [-0.2, -0.15) is 10.1 Å². The van der Waals surface area contributed by atoms with Crippen LogP contribution in [0.5, 0.6) is 5.75 Å². The summed E-state index contributed by atoms with van der Waals surface area (Å²) in [5.41, 5.74) is 3.48. The fraction of sp³-hybridized carbons (Fsp3) is 0. The molecule has 0 aliphatic rings. The zero-order valence-corrected chi connectivity index (χ0v) is 12.7. The van der Waals surface area contributed by atoms with E-state index in [1.54, 1.807) is 18.3 Å². The third-order valence-corrected chi connectivity index (χ3v) is 3.33. The summed E-state index contributed by atoms with van der Waals surface area (Å²) < 4.78 is 1.51. The van der Waals surface area contributed by atoms with Crippen LogP contribution < -0.4 is 5.43 Å². The number of halogens is 2. The number of rotatable bonds is 3. The number of hydrogen-bond donors (Lipinski definition) is 4. The number of anilines is 1. The topological polar surface area (TPSA) is 89.1 Å². The van der Waals surface area contributed by atoms with Gasteiger partial charge in [0.05, 0.1) is 15.2 Å². The molecule has 1 aromatic carbocycles. The minimum absolute atomic E-state index is 0.150. The molecule has 0 radical (unpaired) electrons. The fourth-order valence-corrected chi connectivity index (χ4v) is 2.51. The minimum Gasteiger partial charge on any atom is -0.506 e. The molecule has 4 N–H and O–H groups in total. The molecule has 0 saturated heterocycles. The molecule has 9 heteroatoms. The van der Waals surface area contributed by atoms with Crippen LogP contribution in [0, 0.1) is 4.77 Å². The third kappa shape index (κ3) is 3.18. The molecular weight excluding hydrogens is 386 g/mol. The van der Waals surface area contributed by atoms with Crippen LogP contribution in [0.1, 0.15) is 5.56 Å². The zero-order valence-electron chi connectivity index (χ0n) is 8.74. The Morgan fingerprint density at radius 2 is 2.00 bits per heavy atom. The molecular formula is C9H7Br2N5OS. The molecule has 6 nitrogen and oxygen atoms in total. The first kappa shape index (κ1) is 13.2. The first-order valence-electron chi connectivity index (χ1n) is 4.68. The maximum absolute atomic E-state index is 9.55. The predicted molar refractivity (Wildman–Crippen MR) is 78.5 cm³/mol. The maximum atomic E-state index is 9.55. The Hall–Kier alpha value is -1.19. The third-order valence-electron chi connectivity index (χ3n) is 1.92. The highest BCUT2D eigenvalue weighted by Crippen LogP contribution is 2.32. The molecule has 0 atom stereocenters. The first-order chi connectivity index (χ1) is 8.56. The number of benzene rings is 1. The average Bonchev–Trinajstić information content (AvgIpc) is 2.72. The van der Waals surface area contributed by atoms with Gasteiger partial charge in [0.25, 0.3) is 0 Å². The molecule has 0 fully saturated rings. The number of aromatic amines is 2. The summed E-state index contributed by atoms with van der Waals surface area (Å²) >= 11 is 11.3. The number of hydrazone groups is 1. The number of phenols is 1. The monoisotopic (exact) mass is 391 g/mol. The molecule has 0 amide bonds. The van der Waals surface area contributed by atoms with Crippen LogP contribution in [-0.2, 0) is 0 Å². The summed E-state index contributed by atoms with van der Waals surface area (Å²) in [5, 5.41) is 18.9. The lowest BCUT2D eigenvalue weighted by Crippen LogP contribution is -1.92. The van der Waals surface area contributed by atoms with Crippen LogP contribution in [0.15, 0.2) is 26.2 Å². The Kier molecular flexibility index (Phi) is 4.15. The number of nitrogens with one attached hydrogen (secondary N) is 3. The van der Waals surface area contributed by atoms with Crippen molar-refractivity contribution in [3.63, 3.8) is 0 Å². The highest BCUT2D eigenvalue weighted by atomic mass is 79.9. The zero-order chi connectivity index (χ0) is 13.1. The van der Waals surface area contributed by atoms with Gasteiger partial charge < -0.3 is 5.11 Å². The van der Waals surface area contributed by atoms with Crippen molar-refractivity contribution in [2.24, 2.45) is 5.10 Å². The van der Waals surface area contributed by atoms with Gasteiger partial charge >= 0.3 is 0 Å². The van der Waals surface area contributed by atoms with Crippen LogP contribution in [0.25, 0.3) is 0 Å². The number of aromatic nitrogens is 3. The largest absolute Gasteiger partial charge is 0.506 e. The number of aromatic hydroxyl groups is 1. The lowest BCUT2D eigenvalue weighted by Gasteiger charge is -2.01. The van der Waals surface area contributed by atoms with E-state index < -0.39 is 0 Å². The lowest BCUT2D eigenvalue weighted by atomic mass is 10.2. The Morgan fingerprint density at radius 3 is 2.56 bits per heavy atom. The van der Waals surface area contributed by atoms with Gasteiger partial charge in [-0.1, -0.05) is 0 Å². The summed E-state index contributed by atoms with van der Waals surface area (Å²) in [7, 11) is 0. The van der Waals surface area contributed by atoms with E-state index in [1.807, 2.05) is 0 Å². The van der Waals surface area contributed by atoms with Crippen molar-refractivity contribution in [2.75, 3.05) is 5.43 Å². The number of phenolic OH excluding ortho intramolecular Hbond substituents is 1. The smallest absolute Gasteiger partial charge is 0.238 e. The summed E-state index contributed by atoms with van der Waals surface area (Å²) in [6, 6.07) is 3.47. The summed E-state index contributed by atoms with van der Waals surface area (Å²) in [5.74, 6) is 0.574. The first-order valence-corrected chi connectivity index (χ1v) is 6.67. The summed E-state index contributed by atoms with van der Waals surface area (Å²) in [4.78, 5) is 3.91. The maximum Gasteiger partial charge on any atom is 0.238 e. The van der Waals surface area contributed by atoms with E-state index in [0.717, 1.165) is 5.56 Å². The Labute approximate surface area is 124 Å². The van der Waals surface area contributed by atoms with E-state index in [2.05, 4.69) is 57.6 Å². The van der Waals surface area contributed by atoms with Gasteiger partial charge in [0.15, 0.2) is 0 Å². The molecule has 2 rings (SSSR count). The van der Waals surface area contributed by atoms with Crippen LogP contribution >= 0.6 is 44.1 Å². The van der Waals surface area contributed by atoms with Gasteiger partial charge in [-0.3, -0.25) is 10.2 Å². The molecule has 0 unspecified atom stereocenters. The second-order valence-electron chi connectivity index (χ2n) is 3.22. The van der Waals surface area contributed by atoms with Crippen molar-refractivity contribution in [1.29, 1.82) is 0 Å². The van der Waals surface area contributed by atoms with E-state index >= 15 is 0 Å². The summed E-state index contributed by atoms with van der Waals surface area (Å²) in [6.07, 6.45) is 1.58. The van der Waals surface area contributed by atoms with Gasteiger partial charge in [0, 0.05) is 0 Å². The molecule has 0 saturated carbocycles. The van der Waals surface area contributed by atoms with E-state index in [0.29, 0.717) is 19.7 Å². The Balaban J connectivity index is 2.12. The van der Waals surface area contributed by atoms with Gasteiger partial charge in [-0.15, -0.1) is 0 Å². The molecule has 94 valence electrons. The van der Waals surface area contributed by atoms with E-state index in [4.69, 9.17) is 12.2 Å². The second-order valence-corrected chi connectivity index (χ2v) is 5.31. The van der Waals surface area contributed by atoms with Crippen molar-refractivity contribution in [2.45, 2.75) is 0 Å². The second kappa shape index (κ2) is 5.63. The molecule has 1 aromatic heterocycles. The minimum atomic E-state index is 0.150. The lowest BCUT2D eigenvalue weighted by molar-refractivity contribution is 0.468. The Morgan fingerprint density at radius 1 is 1.33 bits per heavy atom. The molecule has 0 aliphatic heterocycles. The van der Waals surface area contributed by atoms with Crippen LogP contribution in [0.2, 0.25) is 0 Å². The van der Waals surface area contributed by atoms with Gasteiger partial charge in [0.1, 0.15) is 5.75 Å². The molecule has 0 spiro atoms.